The van der Waals surface area contributed by atoms with Crippen LogP contribution in [0.15, 0.2) is 47.5 Å². The average Bonchev–Trinajstić information content (AvgIpc) is 3.49. The molecule has 2 aromatic carbocycles. The number of alkyl halides is 3. The third-order valence-electron chi connectivity index (χ3n) is 7.86. The van der Waals surface area contributed by atoms with Crippen molar-refractivity contribution < 1.29 is 45.8 Å². The van der Waals surface area contributed by atoms with Crippen molar-refractivity contribution in [3.8, 4) is 5.75 Å². The second kappa shape index (κ2) is 12.5. The van der Waals surface area contributed by atoms with Gasteiger partial charge in [-0.25, -0.2) is 4.79 Å². The van der Waals surface area contributed by atoms with Crippen LogP contribution in [0.2, 0.25) is 0 Å². The molecule has 0 bridgehead atoms. The Kier molecular flexibility index (Phi) is 9.11. The van der Waals surface area contributed by atoms with Crippen LogP contribution in [0.1, 0.15) is 50.3 Å². The molecule has 3 heterocycles. The van der Waals surface area contributed by atoms with E-state index in [2.05, 4.69) is 5.10 Å². The number of piperidine rings is 1. The number of aromatic nitrogens is 2. The van der Waals surface area contributed by atoms with E-state index in [-0.39, 0.29) is 48.7 Å². The predicted molar refractivity (Wildman–Crippen MR) is 168 cm³/mol. The molecule has 5 rings (SSSR count). The number of carbonyl (C=O) groups excluding carboxylic acids is 2. The number of carboxylic acid groups (broad SMARTS) is 1. The fourth-order valence-corrected chi connectivity index (χ4v) is 8.38. The minimum absolute atomic E-state index is 0.0119. The first-order chi connectivity index (χ1) is 21.9. The van der Waals surface area contributed by atoms with Gasteiger partial charge in [0, 0.05) is 24.5 Å². The molecule has 12 nitrogen and oxygen atoms in total. The van der Waals surface area contributed by atoms with E-state index in [1.807, 2.05) is 0 Å². The van der Waals surface area contributed by atoms with Crippen molar-refractivity contribution >= 4 is 56.2 Å². The van der Waals surface area contributed by atoms with Crippen molar-refractivity contribution in [3.63, 3.8) is 0 Å². The van der Waals surface area contributed by atoms with Gasteiger partial charge in [-0.2, -0.15) is 35.3 Å². The summed E-state index contributed by atoms with van der Waals surface area (Å²) >= 11 is 0.751. The maximum atomic E-state index is 13.7. The SMILES string of the molecule is COc1ccc(Cn2ncc3cc(/C=C4\SC(=O)N(C5CCN(S(=O)(=O)N(C(=O)O)C(C)(C)C)CC5)C4=O)ccc32)c(C(F)(F)F)c1. The minimum atomic E-state index is -4.59. The van der Waals surface area contributed by atoms with Gasteiger partial charge in [-0.3, -0.25) is 19.2 Å². The van der Waals surface area contributed by atoms with E-state index in [1.165, 1.54) is 50.9 Å². The summed E-state index contributed by atoms with van der Waals surface area (Å²) in [4.78, 5) is 39.3. The Hall–Kier alpha value is -4.09. The molecule has 2 saturated heterocycles. The maximum absolute atomic E-state index is 13.7. The number of carbonyl (C=O) groups is 3. The first-order valence-electron chi connectivity index (χ1n) is 14.4. The van der Waals surface area contributed by atoms with Crippen molar-refractivity contribution in [2.45, 2.75) is 57.9 Å². The molecule has 0 atom stereocenters. The lowest BCUT2D eigenvalue weighted by molar-refractivity contribution is -0.138. The van der Waals surface area contributed by atoms with Crippen LogP contribution in [0.4, 0.5) is 22.8 Å². The Morgan fingerprint density at radius 1 is 1.13 bits per heavy atom. The van der Waals surface area contributed by atoms with Crippen molar-refractivity contribution in [1.29, 1.82) is 0 Å². The smallest absolute Gasteiger partial charge is 0.422 e. The number of rotatable bonds is 7. The van der Waals surface area contributed by atoms with Crippen molar-refractivity contribution in [2.75, 3.05) is 20.2 Å². The van der Waals surface area contributed by atoms with E-state index < -0.39 is 50.8 Å². The van der Waals surface area contributed by atoms with Gasteiger partial charge in [0.05, 0.1) is 41.4 Å². The number of fused-ring (bicyclic) bond motifs is 1. The zero-order valence-electron chi connectivity index (χ0n) is 25.8. The third kappa shape index (κ3) is 6.82. The summed E-state index contributed by atoms with van der Waals surface area (Å²) in [5.74, 6) is -0.444. The van der Waals surface area contributed by atoms with Crippen LogP contribution in [0.25, 0.3) is 17.0 Å². The van der Waals surface area contributed by atoms with Gasteiger partial charge in [-0.15, -0.1) is 0 Å². The molecule has 0 radical (unpaired) electrons. The number of ether oxygens (including phenoxy) is 1. The van der Waals surface area contributed by atoms with E-state index in [4.69, 9.17) is 4.74 Å². The normalized spacial score (nSPS) is 18.0. The highest BCUT2D eigenvalue weighted by atomic mass is 32.2. The van der Waals surface area contributed by atoms with E-state index in [0.717, 1.165) is 27.0 Å². The topological polar surface area (TPSA) is 142 Å². The van der Waals surface area contributed by atoms with Crippen LogP contribution >= 0.6 is 11.8 Å². The summed E-state index contributed by atoms with van der Waals surface area (Å²) in [6.45, 7) is 4.11. The molecule has 17 heteroatoms. The van der Waals surface area contributed by atoms with Gasteiger partial charge < -0.3 is 9.84 Å². The van der Waals surface area contributed by atoms with Gasteiger partial charge >= 0.3 is 22.5 Å². The summed E-state index contributed by atoms with van der Waals surface area (Å²) in [6.07, 6.45) is -2.88. The van der Waals surface area contributed by atoms with Crippen LogP contribution in [0, 0.1) is 0 Å². The number of halogens is 3. The predicted octanol–water partition coefficient (Wildman–Crippen LogP) is 5.64. The Morgan fingerprint density at radius 3 is 2.40 bits per heavy atom. The quantitative estimate of drug-likeness (QED) is 0.311. The number of nitrogens with zero attached hydrogens (tertiary/aromatic N) is 5. The zero-order chi connectivity index (χ0) is 34.5. The van der Waals surface area contributed by atoms with Crippen LogP contribution in [0.5, 0.6) is 5.75 Å². The van der Waals surface area contributed by atoms with E-state index >= 15 is 0 Å². The number of hydrogen-bond acceptors (Lipinski definition) is 8. The van der Waals surface area contributed by atoms with Gasteiger partial charge in [-0.1, -0.05) is 12.1 Å². The van der Waals surface area contributed by atoms with Crippen LogP contribution < -0.4 is 4.74 Å². The van der Waals surface area contributed by atoms with Gasteiger partial charge in [-0.05, 0) is 86.8 Å². The largest absolute Gasteiger partial charge is 0.497 e. The fraction of sp³-hybridized carbons (Fsp3) is 0.400. The van der Waals surface area contributed by atoms with E-state index in [9.17, 15) is 41.1 Å². The molecule has 0 saturated carbocycles. The molecule has 2 aliphatic heterocycles. The molecule has 252 valence electrons. The number of thioether (sulfide) groups is 1. The van der Waals surface area contributed by atoms with Crippen molar-refractivity contribution in [1.82, 2.24) is 23.3 Å². The van der Waals surface area contributed by atoms with Gasteiger partial charge in [0.1, 0.15) is 5.75 Å². The number of hydrogen-bond donors (Lipinski definition) is 1. The highest BCUT2D eigenvalue weighted by molar-refractivity contribution is 8.18. The number of benzene rings is 2. The molecule has 2 fully saturated rings. The van der Waals surface area contributed by atoms with Crippen LogP contribution in [0.3, 0.4) is 0 Å². The maximum Gasteiger partial charge on any atom is 0.422 e. The Bertz CT molecular complexity index is 1880. The minimum Gasteiger partial charge on any atom is -0.497 e. The molecule has 1 N–H and O–H groups in total. The second-order valence-electron chi connectivity index (χ2n) is 12.0. The zero-order valence-corrected chi connectivity index (χ0v) is 27.4. The van der Waals surface area contributed by atoms with E-state index in [0.29, 0.717) is 20.8 Å². The molecule has 0 aliphatic carbocycles. The van der Waals surface area contributed by atoms with Crippen LogP contribution in [-0.4, -0.2) is 85.8 Å². The Balaban J connectivity index is 1.30. The number of amides is 3. The lowest BCUT2D eigenvalue weighted by atomic mass is 10.0. The molecule has 3 amide bonds. The fourth-order valence-electron chi connectivity index (χ4n) is 5.69. The second-order valence-corrected chi connectivity index (χ2v) is 14.8. The lowest BCUT2D eigenvalue weighted by Gasteiger charge is -2.39. The first-order valence-corrected chi connectivity index (χ1v) is 16.6. The Labute approximate surface area is 272 Å². The summed E-state index contributed by atoms with van der Waals surface area (Å²) in [7, 11) is -3.06. The number of methoxy groups -OCH3 is 1. The molecule has 0 unspecified atom stereocenters. The van der Waals surface area contributed by atoms with E-state index in [1.54, 1.807) is 24.3 Å². The summed E-state index contributed by atoms with van der Waals surface area (Å²) < 4.78 is 75.2. The van der Waals surface area contributed by atoms with Gasteiger partial charge in [0.25, 0.3) is 11.1 Å². The van der Waals surface area contributed by atoms with Gasteiger partial charge in [0.2, 0.25) is 0 Å². The highest BCUT2D eigenvalue weighted by Gasteiger charge is 2.45. The van der Waals surface area contributed by atoms with Crippen molar-refractivity contribution in [3.05, 3.63) is 64.2 Å². The summed E-state index contributed by atoms with van der Waals surface area (Å²) in [5, 5.41) is 13.9. The van der Waals surface area contributed by atoms with Crippen LogP contribution in [-0.2, 0) is 27.7 Å². The molecular weight excluding hydrogens is 663 g/mol. The molecule has 0 spiro atoms. The molecule has 2 aliphatic rings. The molecule has 3 aromatic rings. The monoisotopic (exact) mass is 695 g/mol. The standard InChI is InChI=1S/C30H32F3N5O7S2/c1-29(2,3)38(27(40)41)47(43,44)35-11-9-21(10-12-35)37-26(39)25(46-28(37)42)14-18-5-8-24-20(13-18)16-34-36(24)17-19-6-7-22(45-4)15-23(19)30(31,32)33/h5-8,13-16,21H,9-12,17H2,1-4H3,(H,40,41)/b25-14-. The lowest BCUT2D eigenvalue weighted by Crippen LogP contribution is -2.57. The molecule has 47 heavy (non-hydrogen) atoms. The highest BCUT2D eigenvalue weighted by Crippen LogP contribution is 2.38. The average molecular weight is 696 g/mol. The summed E-state index contributed by atoms with van der Waals surface area (Å²) in [6, 6.07) is 8.21. The molecule has 1 aromatic heterocycles. The first kappa shape index (κ1) is 34.3. The van der Waals surface area contributed by atoms with Crippen molar-refractivity contribution in [2.24, 2.45) is 0 Å². The van der Waals surface area contributed by atoms with Gasteiger partial charge in [0.15, 0.2) is 0 Å². The third-order valence-corrected chi connectivity index (χ3v) is 10.9. The Morgan fingerprint density at radius 2 is 1.81 bits per heavy atom. The number of imide groups is 1. The summed E-state index contributed by atoms with van der Waals surface area (Å²) in [5.41, 5.74) is -0.896. The molecular formula is C30H32F3N5O7S2.